The van der Waals surface area contributed by atoms with Crippen LogP contribution in [0.5, 0.6) is 0 Å². The highest BCUT2D eigenvalue weighted by Gasteiger charge is 2.21. The monoisotopic (exact) mass is 302 g/mol. The van der Waals surface area contributed by atoms with Crippen LogP contribution in [0.3, 0.4) is 0 Å². The molecule has 1 heterocycles. The van der Waals surface area contributed by atoms with Gasteiger partial charge in [-0.1, -0.05) is 13.0 Å². The highest BCUT2D eigenvalue weighted by Crippen LogP contribution is 2.22. The van der Waals surface area contributed by atoms with Gasteiger partial charge in [0.1, 0.15) is 0 Å². The third-order valence-electron chi connectivity index (χ3n) is 3.22. The van der Waals surface area contributed by atoms with Crippen molar-refractivity contribution in [2.24, 2.45) is 0 Å². The fraction of sp³-hybridized carbons (Fsp3) is 0.692. The predicted molar refractivity (Wildman–Crippen MR) is 79.9 cm³/mol. The summed E-state index contributed by atoms with van der Waals surface area (Å²) in [5.41, 5.74) is 0. The minimum atomic E-state index is -3.18. The number of thiophene rings is 1. The van der Waals surface area contributed by atoms with Crippen LogP contribution >= 0.6 is 11.3 Å². The number of sulfonamides is 1. The van der Waals surface area contributed by atoms with Crippen molar-refractivity contribution < 1.29 is 8.42 Å². The van der Waals surface area contributed by atoms with E-state index in [0.717, 1.165) is 17.8 Å². The molecule has 19 heavy (non-hydrogen) atoms. The van der Waals surface area contributed by atoms with Gasteiger partial charge in [-0.05, 0) is 43.7 Å². The summed E-state index contributed by atoms with van der Waals surface area (Å²) >= 11 is 1.60. The average molecular weight is 302 g/mol. The van der Waals surface area contributed by atoms with Gasteiger partial charge in [0.2, 0.25) is 10.0 Å². The van der Waals surface area contributed by atoms with E-state index >= 15 is 0 Å². The SMILES string of the molecule is CCC(NS(=O)(=O)CCCNC1CC1)c1cccs1. The van der Waals surface area contributed by atoms with E-state index in [2.05, 4.69) is 10.0 Å². The topological polar surface area (TPSA) is 58.2 Å². The summed E-state index contributed by atoms with van der Waals surface area (Å²) in [4.78, 5) is 1.09. The van der Waals surface area contributed by atoms with Crippen LogP contribution < -0.4 is 10.0 Å². The predicted octanol–water partition coefficient (Wildman–Crippen LogP) is 2.26. The third kappa shape index (κ3) is 5.22. The van der Waals surface area contributed by atoms with Crippen LogP contribution in [0.25, 0.3) is 0 Å². The van der Waals surface area contributed by atoms with Gasteiger partial charge in [0.25, 0.3) is 0 Å². The van der Waals surface area contributed by atoms with E-state index in [1.807, 2.05) is 24.4 Å². The zero-order valence-electron chi connectivity index (χ0n) is 11.3. The Balaban J connectivity index is 1.77. The van der Waals surface area contributed by atoms with Crippen molar-refractivity contribution in [3.05, 3.63) is 22.4 Å². The summed E-state index contributed by atoms with van der Waals surface area (Å²) < 4.78 is 26.8. The molecule has 2 rings (SSSR count). The molecule has 0 radical (unpaired) electrons. The first-order valence-corrected chi connectivity index (χ1v) is 9.40. The minimum Gasteiger partial charge on any atom is -0.314 e. The molecule has 6 heteroatoms. The van der Waals surface area contributed by atoms with Gasteiger partial charge in [-0.15, -0.1) is 11.3 Å². The zero-order chi connectivity index (χ0) is 13.7. The van der Waals surface area contributed by atoms with Crippen LogP contribution in [0.15, 0.2) is 17.5 Å². The summed E-state index contributed by atoms with van der Waals surface area (Å²) in [5, 5.41) is 5.31. The fourth-order valence-corrected chi connectivity index (χ4v) is 4.27. The lowest BCUT2D eigenvalue weighted by Crippen LogP contribution is -2.31. The van der Waals surface area contributed by atoms with Crippen LogP contribution in [0.1, 0.15) is 43.5 Å². The van der Waals surface area contributed by atoms with E-state index in [9.17, 15) is 8.42 Å². The maximum absolute atomic E-state index is 12.0. The molecule has 108 valence electrons. The van der Waals surface area contributed by atoms with E-state index in [1.54, 1.807) is 11.3 Å². The Hall–Kier alpha value is -0.430. The summed E-state index contributed by atoms with van der Waals surface area (Å²) in [7, 11) is -3.18. The molecule has 1 saturated carbocycles. The van der Waals surface area contributed by atoms with E-state index < -0.39 is 10.0 Å². The summed E-state index contributed by atoms with van der Waals surface area (Å²) in [6.45, 7) is 2.79. The molecule has 1 unspecified atom stereocenters. The Kier molecular flexibility index (Phi) is 5.38. The second kappa shape index (κ2) is 6.83. The van der Waals surface area contributed by atoms with E-state index in [4.69, 9.17) is 0 Å². The Morgan fingerprint density at radius 3 is 2.84 bits per heavy atom. The van der Waals surface area contributed by atoms with Crippen LogP contribution in [-0.4, -0.2) is 26.8 Å². The first-order chi connectivity index (χ1) is 9.11. The highest BCUT2D eigenvalue weighted by atomic mass is 32.2. The van der Waals surface area contributed by atoms with Gasteiger partial charge in [0, 0.05) is 10.9 Å². The van der Waals surface area contributed by atoms with Crippen molar-refractivity contribution in [2.75, 3.05) is 12.3 Å². The van der Waals surface area contributed by atoms with Gasteiger partial charge in [-0.2, -0.15) is 0 Å². The van der Waals surface area contributed by atoms with Crippen molar-refractivity contribution in [3.8, 4) is 0 Å². The molecule has 1 aromatic heterocycles. The van der Waals surface area contributed by atoms with Gasteiger partial charge < -0.3 is 5.32 Å². The van der Waals surface area contributed by atoms with Crippen molar-refractivity contribution >= 4 is 21.4 Å². The van der Waals surface area contributed by atoms with Gasteiger partial charge >= 0.3 is 0 Å². The lowest BCUT2D eigenvalue weighted by atomic mass is 10.2. The maximum atomic E-state index is 12.0. The van der Waals surface area contributed by atoms with E-state index in [-0.39, 0.29) is 11.8 Å². The molecule has 0 amide bonds. The summed E-state index contributed by atoms with van der Waals surface area (Å²) in [6, 6.07) is 4.50. The molecule has 0 saturated heterocycles. The standard InChI is InChI=1S/C13H22N2O2S2/c1-2-12(13-5-3-9-18-13)15-19(16,17)10-4-8-14-11-6-7-11/h3,5,9,11-12,14-15H,2,4,6-8,10H2,1H3. The van der Waals surface area contributed by atoms with Crippen LogP contribution in [0.4, 0.5) is 0 Å². The number of rotatable bonds is 9. The van der Waals surface area contributed by atoms with E-state index in [0.29, 0.717) is 12.5 Å². The summed E-state index contributed by atoms with van der Waals surface area (Å²) in [5.74, 6) is 0.203. The smallest absolute Gasteiger partial charge is 0.212 e. The quantitative estimate of drug-likeness (QED) is 0.688. The molecular weight excluding hydrogens is 280 g/mol. The number of hydrogen-bond acceptors (Lipinski definition) is 4. The molecule has 0 aromatic carbocycles. The molecule has 0 aliphatic heterocycles. The van der Waals surface area contributed by atoms with Crippen molar-refractivity contribution in [1.29, 1.82) is 0 Å². The maximum Gasteiger partial charge on any atom is 0.212 e. The second-order valence-electron chi connectivity index (χ2n) is 4.99. The average Bonchev–Trinajstić information content (AvgIpc) is 3.04. The lowest BCUT2D eigenvalue weighted by molar-refractivity contribution is 0.548. The molecule has 1 aliphatic rings. The molecule has 0 bridgehead atoms. The van der Waals surface area contributed by atoms with Crippen LogP contribution in [-0.2, 0) is 10.0 Å². The summed E-state index contributed by atoms with van der Waals surface area (Å²) in [6.07, 6.45) is 3.93. The second-order valence-corrected chi connectivity index (χ2v) is 7.85. The molecule has 2 N–H and O–H groups in total. The first-order valence-electron chi connectivity index (χ1n) is 6.87. The normalized spacial score (nSPS) is 17.5. The Bertz CT molecular complexity index is 467. The van der Waals surface area contributed by atoms with E-state index in [1.165, 1.54) is 12.8 Å². The Labute approximate surface area is 119 Å². The molecule has 1 aliphatic carbocycles. The van der Waals surface area contributed by atoms with Gasteiger partial charge in [0.05, 0.1) is 11.8 Å². The molecule has 1 atom stereocenters. The van der Waals surface area contributed by atoms with Crippen LogP contribution in [0, 0.1) is 0 Å². The molecular formula is C13H22N2O2S2. The van der Waals surface area contributed by atoms with Gasteiger partial charge in [-0.25, -0.2) is 13.1 Å². The molecule has 0 spiro atoms. The minimum absolute atomic E-state index is 0.0820. The number of nitrogens with one attached hydrogen (secondary N) is 2. The van der Waals surface area contributed by atoms with Crippen LogP contribution in [0.2, 0.25) is 0 Å². The Morgan fingerprint density at radius 1 is 1.47 bits per heavy atom. The fourth-order valence-electron chi connectivity index (χ4n) is 1.96. The number of hydrogen-bond donors (Lipinski definition) is 2. The Morgan fingerprint density at radius 2 is 2.26 bits per heavy atom. The third-order valence-corrected chi connectivity index (χ3v) is 5.67. The van der Waals surface area contributed by atoms with Gasteiger partial charge in [-0.3, -0.25) is 0 Å². The zero-order valence-corrected chi connectivity index (χ0v) is 12.9. The first kappa shape index (κ1) is 15.0. The van der Waals surface area contributed by atoms with Crippen molar-refractivity contribution in [2.45, 2.75) is 44.7 Å². The molecule has 1 aromatic rings. The van der Waals surface area contributed by atoms with Gasteiger partial charge in [0.15, 0.2) is 0 Å². The van der Waals surface area contributed by atoms with Crippen molar-refractivity contribution in [1.82, 2.24) is 10.0 Å². The lowest BCUT2D eigenvalue weighted by Gasteiger charge is -2.15. The largest absolute Gasteiger partial charge is 0.314 e. The van der Waals surface area contributed by atoms with Crippen molar-refractivity contribution in [3.63, 3.8) is 0 Å². The molecule has 1 fully saturated rings. The molecule has 4 nitrogen and oxygen atoms in total. The highest BCUT2D eigenvalue weighted by molar-refractivity contribution is 7.89.